The summed E-state index contributed by atoms with van der Waals surface area (Å²) in [5.74, 6) is -1.20. The highest BCUT2D eigenvalue weighted by Gasteiger charge is 2.16. The number of carbonyl (C=O) groups is 1. The number of carboxylic acid groups (broad SMARTS) is 1. The maximum Gasteiger partial charge on any atom is 0.335 e. The topological polar surface area (TPSA) is 113 Å². The molecule has 0 aliphatic heterocycles. The number of sulfonamides is 1. The Kier molecular flexibility index (Phi) is 6.08. The van der Waals surface area contributed by atoms with Crippen LogP contribution in [0.4, 0.5) is 0 Å². The number of ether oxygens (including phenoxy) is 1. The molecule has 0 saturated heterocycles. The summed E-state index contributed by atoms with van der Waals surface area (Å²) < 4.78 is 30.9. The molecule has 8 heteroatoms. The summed E-state index contributed by atoms with van der Waals surface area (Å²) in [6.45, 7) is 0.153. The second-order valence-electron chi connectivity index (χ2n) is 4.13. The standard InChI is InChI=1S/C12H17NO6S/c1-19-8-10(14)5-6-13-20(17,18)11-4-2-3-9(7-11)12(15)16/h2-4,7,10,13-14H,5-6,8H2,1H3,(H,15,16). The van der Waals surface area contributed by atoms with Crippen LogP contribution in [-0.2, 0) is 14.8 Å². The largest absolute Gasteiger partial charge is 0.478 e. The zero-order valence-corrected chi connectivity index (χ0v) is 11.8. The molecule has 1 unspecified atom stereocenters. The van der Waals surface area contributed by atoms with Crippen LogP contribution in [0.25, 0.3) is 0 Å². The number of methoxy groups -OCH3 is 1. The van der Waals surface area contributed by atoms with Crippen molar-refractivity contribution >= 4 is 16.0 Å². The molecule has 1 aromatic carbocycles. The van der Waals surface area contributed by atoms with Crippen molar-refractivity contribution < 1.29 is 28.2 Å². The highest BCUT2D eigenvalue weighted by molar-refractivity contribution is 7.89. The number of nitrogens with one attached hydrogen (secondary N) is 1. The maximum atomic E-state index is 11.9. The Labute approximate surface area is 117 Å². The van der Waals surface area contributed by atoms with Crippen LogP contribution < -0.4 is 4.72 Å². The van der Waals surface area contributed by atoms with Crippen molar-refractivity contribution in [2.24, 2.45) is 0 Å². The van der Waals surface area contributed by atoms with E-state index in [0.717, 1.165) is 6.07 Å². The number of aliphatic hydroxyl groups is 1. The predicted molar refractivity (Wildman–Crippen MR) is 71.1 cm³/mol. The molecular weight excluding hydrogens is 286 g/mol. The van der Waals surface area contributed by atoms with Gasteiger partial charge in [-0.1, -0.05) is 6.07 Å². The third-order valence-electron chi connectivity index (χ3n) is 2.52. The molecule has 0 aliphatic carbocycles. The Morgan fingerprint density at radius 3 is 2.75 bits per heavy atom. The molecule has 0 spiro atoms. The summed E-state index contributed by atoms with van der Waals surface area (Å²) in [5.41, 5.74) is -0.104. The van der Waals surface area contributed by atoms with Crippen molar-refractivity contribution in [2.45, 2.75) is 17.4 Å². The lowest BCUT2D eigenvalue weighted by molar-refractivity contribution is 0.0603. The third-order valence-corrected chi connectivity index (χ3v) is 3.98. The molecule has 0 radical (unpaired) electrons. The molecule has 1 rings (SSSR count). The van der Waals surface area contributed by atoms with Gasteiger partial charge in [0.2, 0.25) is 10.0 Å². The van der Waals surface area contributed by atoms with Gasteiger partial charge in [-0.2, -0.15) is 0 Å². The second kappa shape index (κ2) is 7.34. The van der Waals surface area contributed by atoms with E-state index >= 15 is 0 Å². The van der Waals surface area contributed by atoms with Crippen LogP contribution in [0.2, 0.25) is 0 Å². The highest BCUT2D eigenvalue weighted by Crippen LogP contribution is 2.11. The van der Waals surface area contributed by atoms with Gasteiger partial charge >= 0.3 is 5.97 Å². The van der Waals surface area contributed by atoms with Crippen molar-refractivity contribution in [3.05, 3.63) is 29.8 Å². The zero-order valence-electron chi connectivity index (χ0n) is 10.9. The van der Waals surface area contributed by atoms with E-state index in [1.807, 2.05) is 0 Å². The van der Waals surface area contributed by atoms with Crippen molar-refractivity contribution in [2.75, 3.05) is 20.3 Å². The summed E-state index contributed by atoms with van der Waals surface area (Å²) >= 11 is 0. The normalized spacial score (nSPS) is 13.1. The van der Waals surface area contributed by atoms with Gasteiger partial charge in [-0.05, 0) is 24.6 Å². The molecule has 1 atom stereocenters. The van der Waals surface area contributed by atoms with E-state index in [1.165, 1.54) is 25.3 Å². The lowest BCUT2D eigenvalue weighted by Crippen LogP contribution is -2.28. The summed E-state index contributed by atoms with van der Waals surface area (Å²) in [6.07, 6.45) is -0.556. The van der Waals surface area contributed by atoms with Gasteiger partial charge in [-0.15, -0.1) is 0 Å². The Hall–Kier alpha value is -1.48. The molecular formula is C12H17NO6S. The van der Waals surface area contributed by atoms with Crippen molar-refractivity contribution in [3.8, 4) is 0 Å². The van der Waals surface area contributed by atoms with Gasteiger partial charge in [0, 0.05) is 13.7 Å². The average molecular weight is 303 g/mol. The molecule has 7 nitrogen and oxygen atoms in total. The molecule has 20 heavy (non-hydrogen) atoms. The molecule has 112 valence electrons. The predicted octanol–water partition coefficient (Wildman–Crippen LogP) is 0.0605. The van der Waals surface area contributed by atoms with E-state index < -0.39 is 22.1 Å². The third kappa shape index (κ3) is 4.89. The summed E-state index contributed by atoms with van der Waals surface area (Å²) in [7, 11) is -2.36. The first kappa shape index (κ1) is 16.6. The lowest BCUT2D eigenvalue weighted by atomic mass is 10.2. The Morgan fingerprint density at radius 2 is 2.15 bits per heavy atom. The van der Waals surface area contributed by atoms with Crippen LogP contribution in [0.5, 0.6) is 0 Å². The molecule has 3 N–H and O–H groups in total. The van der Waals surface area contributed by atoms with E-state index in [0.29, 0.717) is 0 Å². The van der Waals surface area contributed by atoms with Gasteiger partial charge in [0.25, 0.3) is 0 Å². The van der Waals surface area contributed by atoms with E-state index in [-0.39, 0.29) is 30.0 Å². The first-order valence-corrected chi connectivity index (χ1v) is 7.35. The fourth-order valence-electron chi connectivity index (χ4n) is 1.52. The number of benzene rings is 1. The van der Waals surface area contributed by atoms with Gasteiger partial charge in [-0.3, -0.25) is 0 Å². The van der Waals surface area contributed by atoms with Crippen LogP contribution >= 0.6 is 0 Å². The van der Waals surface area contributed by atoms with Crippen LogP contribution in [0.3, 0.4) is 0 Å². The smallest absolute Gasteiger partial charge is 0.335 e. The van der Waals surface area contributed by atoms with Gasteiger partial charge in [0.15, 0.2) is 0 Å². The van der Waals surface area contributed by atoms with Crippen LogP contribution in [0, 0.1) is 0 Å². The van der Waals surface area contributed by atoms with Gasteiger partial charge in [0.1, 0.15) is 0 Å². The number of aliphatic hydroxyl groups excluding tert-OH is 1. The number of hydrogen-bond donors (Lipinski definition) is 3. The first-order chi connectivity index (χ1) is 9.36. The number of rotatable bonds is 8. The van der Waals surface area contributed by atoms with E-state index in [1.54, 1.807) is 0 Å². The summed E-state index contributed by atoms with van der Waals surface area (Å²) in [5, 5.41) is 18.2. The number of aromatic carboxylic acids is 1. The van der Waals surface area contributed by atoms with Gasteiger partial charge in [0.05, 0.1) is 23.2 Å². The molecule has 1 aromatic rings. The first-order valence-electron chi connectivity index (χ1n) is 5.87. The van der Waals surface area contributed by atoms with E-state index in [9.17, 15) is 18.3 Å². The molecule has 0 aliphatic rings. The van der Waals surface area contributed by atoms with Crippen molar-refractivity contribution in [1.82, 2.24) is 4.72 Å². The zero-order chi connectivity index (χ0) is 15.2. The summed E-state index contributed by atoms with van der Waals surface area (Å²) in [6, 6.07) is 5.05. The molecule has 0 saturated carbocycles. The number of hydrogen-bond acceptors (Lipinski definition) is 5. The fraction of sp³-hybridized carbons (Fsp3) is 0.417. The Morgan fingerprint density at radius 1 is 1.45 bits per heavy atom. The van der Waals surface area contributed by atoms with E-state index in [2.05, 4.69) is 4.72 Å². The van der Waals surface area contributed by atoms with Crippen LogP contribution in [-0.4, -0.2) is 51.0 Å². The van der Waals surface area contributed by atoms with Gasteiger partial charge in [-0.25, -0.2) is 17.9 Å². The Bertz CT molecular complexity index is 557. The lowest BCUT2D eigenvalue weighted by Gasteiger charge is -2.10. The molecule has 0 fully saturated rings. The fourth-order valence-corrected chi connectivity index (χ4v) is 2.61. The highest BCUT2D eigenvalue weighted by atomic mass is 32.2. The van der Waals surface area contributed by atoms with E-state index in [4.69, 9.17) is 9.84 Å². The quantitative estimate of drug-likeness (QED) is 0.626. The minimum atomic E-state index is -3.79. The van der Waals surface area contributed by atoms with Crippen molar-refractivity contribution in [1.29, 1.82) is 0 Å². The Balaban J connectivity index is 2.69. The summed E-state index contributed by atoms with van der Waals surface area (Å²) in [4.78, 5) is 10.7. The molecule has 0 aromatic heterocycles. The van der Waals surface area contributed by atoms with Crippen molar-refractivity contribution in [3.63, 3.8) is 0 Å². The SMILES string of the molecule is COCC(O)CCNS(=O)(=O)c1cccc(C(=O)O)c1. The maximum absolute atomic E-state index is 11.9. The van der Waals surface area contributed by atoms with Crippen LogP contribution in [0.15, 0.2) is 29.2 Å². The number of carboxylic acids is 1. The molecule has 0 heterocycles. The monoisotopic (exact) mass is 303 g/mol. The van der Waals surface area contributed by atoms with Crippen LogP contribution in [0.1, 0.15) is 16.8 Å². The second-order valence-corrected chi connectivity index (χ2v) is 5.90. The van der Waals surface area contributed by atoms with Gasteiger partial charge < -0.3 is 14.9 Å². The average Bonchev–Trinajstić information content (AvgIpc) is 2.39. The minimum Gasteiger partial charge on any atom is -0.478 e. The minimum absolute atomic E-state index is 0.0319. The molecule has 0 amide bonds. The molecule has 0 bridgehead atoms.